The van der Waals surface area contributed by atoms with Gasteiger partial charge in [-0.2, -0.15) is 0 Å². The van der Waals surface area contributed by atoms with Crippen molar-refractivity contribution in [1.29, 1.82) is 0 Å². The Balaban J connectivity index is 3.68. The van der Waals surface area contributed by atoms with Crippen molar-refractivity contribution in [2.75, 3.05) is 0 Å². The number of hydrogen-bond acceptors (Lipinski definition) is 1. The lowest BCUT2D eigenvalue weighted by Gasteiger charge is -2.05. The van der Waals surface area contributed by atoms with Crippen LogP contribution in [0.2, 0.25) is 5.02 Å². The van der Waals surface area contributed by atoms with Gasteiger partial charge in [-0.15, -0.1) is 0 Å². The zero-order valence-corrected chi connectivity index (χ0v) is 8.59. The van der Waals surface area contributed by atoms with Crippen molar-refractivity contribution in [2.24, 2.45) is 0 Å². The molecule has 0 unspecified atom stereocenters. The molecule has 7 heteroatoms. The van der Waals surface area contributed by atoms with Crippen LogP contribution >= 0.6 is 27.5 Å². The van der Waals surface area contributed by atoms with E-state index in [2.05, 4.69) is 15.9 Å². The number of hydrogen-bond donors (Lipinski definition) is 1. The Bertz CT molecular complexity index is 393. The fourth-order valence-corrected chi connectivity index (χ4v) is 1.63. The molecule has 0 aliphatic rings. The molecule has 14 heavy (non-hydrogen) atoms. The van der Waals surface area contributed by atoms with Crippen LogP contribution in [0.5, 0.6) is 0 Å². The molecule has 0 atom stereocenters. The summed E-state index contributed by atoms with van der Waals surface area (Å²) in [7, 11) is 0. The van der Waals surface area contributed by atoms with Crippen LogP contribution < -0.4 is 0 Å². The molecule has 0 aliphatic heterocycles. The molecule has 0 bridgehead atoms. The Morgan fingerprint density at radius 3 is 2.14 bits per heavy atom. The number of carboxylic acids is 1. The maximum atomic E-state index is 12.9. The molecule has 0 saturated heterocycles. The van der Waals surface area contributed by atoms with Crippen molar-refractivity contribution in [3.63, 3.8) is 0 Å². The van der Waals surface area contributed by atoms with Gasteiger partial charge in [-0.25, -0.2) is 18.0 Å². The van der Waals surface area contributed by atoms with Crippen molar-refractivity contribution in [3.8, 4) is 0 Å². The summed E-state index contributed by atoms with van der Waals surface area (Å²) in [5.74, 6) is -6.55. The van der Waals surface area contributed by atoms with Crippen molar-refractivity contribution in [2.45, 2.75) is 0 Å². The van der Waals surface area contributed by atoms with E-state index in [1.807, 2.05) is 0 Å². The second-order valence-corrected chi connectivity index (χ2v) is 3.42. The quantitative estimate of drug-likeness (QED) is 0.636. The van der Waals surface area contributed by atoms with Crippen LogP contribution in [0.3, 0.4) is 0 Å². The Kier molecular flexibility index (Phi) is 3.06. The van der Waals surface area contributed by atoms with Crippen LogP contribution in [0.25, 0.3) is 0 Å². The topological polar surface area (TPSA) is 37.3 Å². The number of carbonyl (C=O) groups is 1. The van der Waals surface area contributed by atoms with E-state index in [1.54, 1.807) is 0 Å². The largest absolute Gasteiger partial charge is 0.478 e. The zero-order chi connectivity index (χ0) is 11.0. The van der Waals surface area contributed by atoms with Crippen molar-refractivity contribution in [3.05, 3.63) is 32.5 Å². The molecular weight excluding hydrogens is 288 g/mol. The number of carboxylic acid groups (broad SMARTS) is 1. The molecule has 0 heterocycles. The summed E-state index contributed by atoms with van der Waals surface area (Å²) in [6, 6.07) is 0. The van der Waals surface area contributed by atoms with Crippen molar-refractivity contribution >= 4 is 33.5 Å². The molecular formula is C7HBrClF3O2. The maximum absolute atomic E-state index is 12.9. The number of rotatable bonds is 1. The summed E-state index contributed by atoms with van der Waals surface area (Å²) in [6.45, 7) is 0. The zero-order valence-electron chi connectivity index (χ0n) is 6.25. The molecule has 1 aromatic carbocycles. The van der Waals surface area contributed by atoms with E-state index in [0.717, 1.165) is 0 Å². The van der Waals surface area contributed by atoms with E-state index in [0.29, 0.717) is 0 Å². The minimum absolute atomic E-state index is 0.714. The van der Waals surface area contributed by atoms with Crippen LogP contribution in [-0.2, 0) is 0 Å². The molecule has 0 aromatic heterocycles. The third kappa shape index (κ3) is 1.59. The highest BCUT2D eigenvalue weighted by Gasteiger charge is 2.26. The fraction of sp³-hybridized carbons (Fsp3) is 0. The predicted octanol–water partition coefficient (Wildman–Crippen LogP) is 3.22. The van der Waals surface area contributed by atoms with Gasteiger partial charge < -0.3 is 5.11 Å². The minimum atomic E-state index is -1.79. The van der Waals surface area contributed by atoms with Gasteiger partial charge in [0.25, 0.3) is 0 Å². The third-order valence-corrected chi connectivity index (χ3v) is 2.50. The van der Waals surface area contributed by atoms with E-state index in [1.165, 1.54) is 0 Å². The second kappa shape index (κ2) is 3.78. The second-order valence-electron chi connectivity index (χ2n) is 2.25. The highest BCUT2D eigenvalue weighted by Crippen LogP contribution is 2.32. The lowest BCUT2D eigenvalue weighted by atomic mass is 10.2. The summed E-state index contributed by atoms with van der Waals surface area (Å²) >= 11 is 7.52. The van der Waals surface area contributed by atoms with Crippen LogP contribution in [0.4, 0.5) is 13.2 Å². The SMILES string of the molecule is O=C(O)c1c(F)c(F)c(Cl)c(F)c1Br. The Hall–Kier alpha value is -0.750. The fourth-order valence-electron chi connectivity index (χ4n) is 0.793. The molecule has 1 rings (SSSR count). The summed E-state index contributed by atoms with van der Waals surface area (Å²) in [5, 5.41) is 7.36. The van der Waals surface area contributed by atoms with Gasteiger partial charge >= 0.3 is 5.97 Å². The van der Waals surface area contributed by atoms with E-state index < -0.39 is 38.5 Å². The summed E-state index contributed by atoms with van der Waals surface area (Å²) < 4.78 is 37.9. The van der Waals surface area contributed by atoms with Crippen LogP contribution in [-0.4, -0.2) is 11.1 Å². The highest BCUT2D eigenvalue weighted by atomic mass is 79.9. The third-order valence-electron chi connectivity index (χ3n) is 1.42. The van der Waals surface area contributed by atoms with Crippen LogP contribution in [0, 0.1) is 17.5 Å². The molecule has 0 fully saturated rings. The summed E-state index contributed by atoms with van der Waals surface area (Å²) in [4.78, 5) is 10.4. The molecule has 0 spiro atoms. The minimum Gasteiger partial charge on any atom is -0.478 e. The standard InChI is InChI=1S/C7HBrClF3O2/c8-2-1(7(13)14)4(10)6(12)3(9)5(2)11/h(H,13,14). The van der Waals surface area contributed by atoms with Crippen LogP contribution in [0.1, 0.15) is 10.4 Å². The van der Waals surface area contributed by atoms with Gasteiger partial charge in [0.05, 0.1) is 4.47 Å². The highest BCUT2D eigenvalue weighted by molar-refractivity contribution is 9.10. The smallest absolute Gasteiger partial charge is 0.340 e. The Labute approximate surface area is 89.4 Å². The van der Waals surface area contributed by atoms with Crippen LogP contribution in [0.15, 0.2) is 4.47 Å². The average Bonchev–Trinajstić information content (AvgIpc) is 2.11. The molecule has 0 radical (unpaired) electrons. The lowest BCUT2D eigenvalue weighted by Crippen LogP contribution is -2.07. The van der Waals surface area contributed by atoms with Gasteiger partial charge in [0.15, 0.2) is 17.5 Å². The number of benzene rings is 1. The number of halogens is 5. The molecule has 0 amide bonds. The molecule has 0 saturated carbocycles. The first-order valence-corrected chi connectivity index (χ1v) is 4.29. The van der Waals surface area contributed by atoms with E-state index in [4.69, 9.17) is 16.7 Å². The monoisotopic (exact) mass is 288 g/mol. The van der Waals surface area contributed by atoms with Gasteiger partial charge in [-0.3, -0.25) is 0 Å². The van der Waals surface area contributed by atoms with E-state index >= 15 is 0 Å². The van der Waals surface area contributed by atoms with Gasteiger partial charge in [0.2, 0.25) is 0 Å². The predicted molar refractivity (Wildman–Crippen MR) is 46.0 cm³/mol. The average molecular weight is 289 g/mol. The summed E-state index contributed by atoms with van der Waals surface area (Å²) in [5.41, 5.74) is -1.12. The molecule has 2 nitrogen and oxygen atoms in total. The molecule has 76 valence electrons. The van der Waals surface area contributed by atoms with Gasteiger partial charge in [-0.05, 0) is 15.9 Å². The normalized spacial score (nSPS) is 10.4. The van der Waals surface area contributed by atoms with Crippen molar-refractivity contribution in [1.82, 2.24) is 0 Å². The van der Waals surface area contributed by atoms with E-state index in [9.17, 15) is 18.0 Å². The Morgan fingerprint density at radius 2 is 1.71 bits per heavy atom. The molecule has 0 aliphatic carbocycles. The van der Waals surface area contributed by atoms with Gasteiger partial charge in [0.1, 0.15) is 10.6 Å². The first-order valence-electron chi connectivity index (χ1n) is 3.12. The first kappa shape index (κ1) is 11.3. The maximum Gasteiger partial charge on any atom is 0.340 e. The Morgan fingerprint density at radius 1 is 1.21 bits per heavy atom. The molecule has 1 N–H and O–H groups in total. The van der Waals surface area contributed by atoms with Gasteiger partial charge in [0, 0.05) is 0 Å². The lowest BCUT2D eigenvalue weighted by molar-refractivity contribution is 0.0688. The van der Waals surface area contributed by atoms with Gasteiger partial charge in [-0.1, -0.05) is 11.6 Å². The molecule has 1 aromatic rings. The van der Waals surface area contributed by atoms with Crippen molar-refractivity contribution < 1.29 is 23.1 Å². The summed E-state index contributed by atoms with van der Waals surface area (Å²) in [6.07, 6.45) is 0. The first-order chi connectivity index (χ1) is 6.37. The number of aromatic carboxylic acids is 1. The van der Waals surface area contributed by atoms with E-state index in [-0.39, 0.29) is 0 Å².